The van der Waals surface area contributed by atoms with Crippen molar-refractivity contribution in [3.63, 3.8) is 0 Å². The van der Waals surface area contributed by atoms with Gasteiger partial charge < -0.3 is 10.5 Å². The number of carbonyl (C=O) groups excluding carboxylic acids is 1. The van der Waals surface area contributed by atoms with Gasteiger partial charge in [-0.25, -0.2) is 0 Å². The molecule has 3 nitrogen and oxygen atoms in total. The Hall–Kier alpha value is -1.35. The summed E-state index contributed by atoms with van der Waals surface area (Å²) in [7, 11) is 0. The van der Waals surface area contributed by atoms with Crippen LogP contribution in [0, 0.1) is 11.8 Å². The van der Waals surface area contributed by atoms with E-state index in [-0.39, 0.29) is 12.1 Å². The zero-order valence-electron chi connectivity index (χ0n) is 13.1. The number of benzene rings is 1. The van der Waals surface area contributed by atoms with Crippen LogP contribution in [0.3, 0.4) is 0 Å². The number of hydrogen-bond donors (Lipinski definition) is 1. The van der Waals surface area contributed by atoms with Gasteiger partial charge in [-0.15, -0.1) is 0 Å². The van der Waals surface area contributed by atoms with Gasteiger partial charge in [0.15, 0.2) is 0 Å². The SMILES string of the molecule is CC1CCC(OC(=O)[C@@H](N)CCc2ccccc2)CC1C. The lowest BCUT2D eigenvalue weighted by Gasteiger charge is -2.32. The molecule has 0 aliphatic heterocycles. The first kappa shape index (κ1) is 16.0. The van der Waals surface area contributed by atoms with E-state index in [1.165, 1.54) is 5.56 Å². The summed E-state index contributed by atoms with van der Waals surface area (Å²) in [5.41, 5.74) is 7.18. The molecule has 3 heteroatoms. The van der Waals surface area contributed by atoms with Gasteiger partial charge in [0.2, 0.25) is 0 Å². The third kappa shape index (κ3) is 4.85. The minimum atomic E-state index is -0.514. The lowest BCUT2D eigenvalue weighted by molar-refractivity contribution is -0.153. The van der Waals surface area contributed by atoms with Crippen LogP contribution in [0.1, 0.15) is 45.1 Å². The van der Waals surface area contributed by atoms with Gasteiger partial charge in [-0.1, -0.05) is 44.2 Å². The first-order chi connectivity index (χ1) is 10.1. The van der Waals surface area contributed by atoms with E-state index in [1.54, 1.807) is 0 Å². The van der Waals surface area contributed by atoms with Crippen LogP contribution in [0.4, 0.5) is 0 Å². The average molecular weight is 289 g/mol. The monoisotopic (exact) mass is 289 g/mol. The molecule has 1 aromatic carbocycles. The first-order valence-corrected chi connectivity index (χ1v) is 8.06. The summed E-state index contributed by atoms with van der Waals surface area (Å²) in [5.74, 6) is 1.11. The van der Waals surface area contributed by atoms with E-state index in [0.29, 0.717) is 12.3 Å². The Bertz CT molecular complexity index is 446. The highest BCUT2D eigenvalue weighted by molar-refractivity contribution is 5.75. The molecule has 116 valence electrons. The van der Waals surface area contributed by atoms with Gasteiger partial charge in [0.1, 0.15) is 12.1 Å². The Kier molecular flexibility index (Phi) is 5.80. The fourth-order valence-corrected chi connectivity index (χ4v) is 2.94. The molecule has 2 N–H and O–H groups in total. The molecule has 1 fully saturated rings. The van der Waals surface area contributed by atoms with Crippen molar-refractivity contribution in [2.75, 3.05) is 0 Å². The average Bonchev–Trinajstić information content (AvgIpc) is 2.49. The van der Waals surface area contributed by atoms with Crippen LogP contribution in [0.5, 0.6) is 0 Å². The minimum Gasteiger partial charge on any atom is -0.461 e. The Morgan fingerprint density at radius 3 is 2.62 bits per heavy atom. The number of rotatable bonds is 5. The van der Waals surface area contributed by atoms with Crippen molar-refractivity contribution in [2.24, 2.45) is 17.6 Å². The Balaban J connectivity index is 1.75. The third-order valence-electron chi connectivity index (χ3n) is 4.72. The van der Waals surface area contributed by atoms with E-state index in [1.807, 2.05) is 18.2 Å². The molecule has 4 atom stereocenters. The van der Waals surface area contributed by atoms with Crippen molar-refractivity contribution in [3.05, 3.63) is 35.9 Å². The molecule has 1 aliphatic carbocycles. The number of ether oxygens (including phenoxy) is 1. The largest absolute Gasteiger partial charge is 0.461 e. The van der Waals surface area contributed by atoms with E-state index in [2.05, 4.69) is 26.0 Å². The van der Waals surface area contributed by atoms with Crippen molar-refractivity contribution < 1.29 is 9.53 Å². The molecule has 1 aromatic rings. The summed E-state index contributed by atoms with van der Waals surface area (Å²) in [6.07, 6.45) is 4.60. The second kappa shape index (κ2) is 7.60. The molecule has 1 aliphatic rings. The van der Waals surface area contributed by atoms with Crippen molar-refractivity contribution in [1.29, 1.82) is 0 Å². The van der Waals surface area contributed by atoms with Crippen molar-refractivity contribution in [3.8, 4) is 0 Å². The van der Waals surface area contributed by atoms with Crippen molar-refractivity contribution in [1.82, 2.24) is 0 Å². The lowest BCUT2D eigenvalue weighted by Crippen LogP contribution is -2.37. The molecule has 0 saturated heterocycles. The highest BCUT2D eigenvalue weighted by Gasteiger charge is 2.28. The first-order valence-electron chi connectivity index (χ1n) is 8.06. The molecule has 0 spiro atoms. The predicted octanol–water partition coefficient (Wildman–Crippen LogP) is 3.31. The standard InChI is InChI=1S/C18H27NO2/c1-13-8-10-16(12-14(13)2)21-18(20)17(19)11-9-15-6-4-3-5-7-15/h3-7,13-14,16-17H,8-12,19H2,1-2H3/t13?,14?,16?,17-/m0/s1. The van der Waals surface area contributed by atoms with Crippen LogP contribution in [-0.4, -0.2) is 18.1 Å². The van der Waals surface area contributed by atoms with Gasteiger partial charge in [-0.3, -0.25) is 4.79 Å². The second-order valence-electron chi connectivity index (χ2n) is 6.46. The van der Waals surface area contributed by atoms with Crippen LogP contribution < -0.4 is 5.73 Å². The molecule has 3 unspecified atom stereocenters. The van der Waals surface area contributed by atoms with Crippen LogP contribution in [0.15, 0.2) is 30.3 Å². The predicted molar refractivity (Wildman–Crippen MR) is 84.8 cm³/mol. The van der Waals surface area contributed by atoms with E-state index >= 15 is 0 Å². The maximum Gasteiger partial charge on any atom is 0.323 e. The fourth-order valence-electron chi connectivity index (χ4n) is 2.94. The Labute approximate surface area is 127 Å². The number of hydrogen-bond acceptors (Lipinski definition) is 3. The summed E-state index contributed by atoms with van der Waals surface area (Å²) in [5, 5.41) is 0. The third-order valence-corrected chi connectivity index (χ3v) is 4.72. The fraction of sp³-hybridized carbons (Fsp3) is 0.611. The van der Waals surface area contributed by atoms with Gasteiger partial charge in [-0.2, -0.15) is 0 Å². The summed E-state index contributed by atoms with van der Waals surface area (Å²) in [6, 6.07) is 9.60. The molecular weight excluding hydrogens is 262 g/mol. The smallest absolute Gasteiger partial charge is 0.323 e. The summed E-state index contributed by atoms with van der Waals surface area (Å²) in [4.78, 5) is 12.1. The topological polar surface area (TPSA) is 52.3 Å². The Morgan fingerprint density at radius 2 is 1.95 bits per heavy atom. The van der Waals surface area contributed by atoms with E-state index in [0.717, 1.165) is 31.6 Å². The van der Waals surface area contributed by atoms with Gasteiger partial charge in [0, 0.05) is 0 Å². The number of carbonyl (C=O) groups is 1. The second-order valence-corrected chi connectivity index (χ2v) is 6.46. The highest BCUT2D eigenvalue weighted by Crippen LogP contribution is 2.31. The van der Waals surface area contributed by atoms with Crippen LogP contribution in [0.25, 0.3) is 0 Å². The summed E-state index contributed by atoms with van der Waals surface area (Å²) < 4.78 is 5.60. The van der Waals surface area contributed by atoms with Crippen LogP contribution >= 0.6 is 0 Å². The number of nitrogens with two attached hydrogens (primary N) is 1. The zero-order valence-corrected chi connectivity index (χ0v) is 13.1. The normalized spacial score (nSPS) is 27.1. The van der Waals surface area contributed by atoms with Gasteiger partial charge in [0.05, 0.1) is 0 Å². The molecule has 0 radical (unpaired) electrons. The minimum absolute atomic E-state index is 0.0616. The number of esters is 1. The van der Waals surface area contributed by atoms with Gasteiger partial charge >= 0.3 is 5.97 Å². The van der Waals surface area contributed by atoms with E-state index < -0.39 is 6.04 Å². The Morgan fingerprint density at radius 1 is 1.24 bits per heavy atom. The van der Waals surface area contributed by atoms with Gasteiger partial charge in [-0.05, 0) is 49.5 Å². The van der Waals surface area contributed by atoms with E-state index in [9.17, 15) is 4.79 Å². The molecule has 0 bridgehead atoms. The number of aryl methyl sites for hydroxylation is 1. The summed E-state index contributed by atoms with van der Waals surface area (Å²) in [6.45, 7) is 4.51. The highest BCUT2D eigenvalue weighted by atomic mass is 16.5. The van der Waals surface area contributed by atoms with Crippen molar-refractivity contribution >= 4 is 5.97 Å². The molecule has 2 rings (SSSR count). The maximum absolute atomic E-state index is 12.1. The zero-order chi connectivity index (χ0) is 15.2. The van der Waals surface area contributed by atoms with Crippen LogP contribution in [0.2, 0.25) is 0 Å². The summed E-state index contributed by atoms with van der Waals surface area (Å²) >= 11 is 0. The molecular formula is C18H27NO2. The van der Waals surface area contributed by atoms with E-state index in [4.69, 9.17) is 10.5 Å². The lowest BCUT2D eigenvalue weighted by atomic mass is 9.80. The maximum atomic E-state index is 12.1. The molecule has 1 saturated carbocycles. The van der Waals surface area contributed by atoms with Gasteiger partial charge in [0.25, 0.3) is 0 Å². The molecule has 0 amide bonds. The molecule has 0 heterocycles. The van der Waals surface area contributed by atoms with Crippen molar-refractivity contribution in [2.45, 2.75) is 58.1 Å². The quantitative estimate of drug-likeness (QED) is 0.846. The van der Waals surface area contributed by atoms with Crippen LogP contribution in [-0.2, 0) is 16.0 Å². The molecule has 0 aromatic heterocycles. The molecule has 21 heavy (non-hydrogen) atoms.